The third-order valence-electron chi connectivity index (χ3n) is 4.54. The lowest BCUT2D eigenvalue weighted by atomic mass is 9.99. The molecule has 3 rings (SSSR count). The van der Waals surface area contributed by atoms with Crippen molar-refractivity contribution in [2.24, 2.45) is 0 Å². The number of rotatable bonds is 6. The second kappa shape index (κ2) is 7.61. The van der Waals surface area contributed by atoms with Gasteiger partial charge in [0.1, 0.15) is 5.75 Å². The molecule has 0 saturated heterocycles. The van der Waals surface area contributed by atoms with Crippen LogP contribution < -0.4 is 10.1 Å². The highest BCUT2D eigenvalue weighted by molar-refractivity contribution is 6.05. The first-order valence-electron chi connectivity index (χ1n) is 8.69. The summed E-state index contributed by atoms with van der Waals surface area (Å²) < 4.78 is 10.5. The van der Waals surface area contributed by atoms with Crippen molar-refractivity contribution in [3.63, 3.8) is 0 Å². The van der Waals surface area contributed by atoms with Crippen LogP contribution >= 0.6 is 0 Å². The lowest BCUT2D eigenvalue weighted by Gasteiger charge is -2.10. The molecule has 0 saturated carbocycles. The Balaban J connectivity index is 1.54. The molecule has 1 atom stereocenters. The molecule has 1 N–H and O–H groups in total. The number of Topliss-reactive ketones (excluding diaryl/α,β-unsaturated/α-hetero) is 1. The lowest BCUT2D eigenvalue weighted by molar-refractivity contribution is -0.144. The molecule has 27 heavy (non-hydrogen) atoms. The average Bonchev–Trinajstić information content (AvgIpc) is 2.94. The summed E-state index contributed by atoms with van der Waals surface area (Å²) in [6.45, 7) is 4.96. The summed E-state index contributed by atoms with van der Waals surface area (Å²) in [5.41, 5.74) is 3.83. The molecule has 2 aromatic carbocycles. The van der Waals surface area contributed by atoms with E-state index in [2.05, 4.69) is 5.32 Å². The van der Waals surface area contributed by atoms with E-state index < -0.39 is 5.97 Å². The van der Waals surface area contributed by atoms with Crippen LogP contribution in [0.1, 0.15) is 39.9 Å². The van der Waals surface area contributed by atoms with Gasteiger partial charge in [-0.1, -0.05) is 12.1 Å². The van der Waals surface area contributed by atoms with Crippen molar-refractivity contribution in [1.29, 1.82) is 0 Å². The van der Waals surface area contributed by atoms with Crippen molar-refractivity contribution >= 4 is 23.3 Å². The number of esters is 1. The van der Waals surface area contributed by atoms with Gasteiger partial charge in [0.15, 0.2) is 19.0 Å². The number of ether oxygens (including phenoxy) is 2. The molecule has 1 heterocycles. The van der Waals surface area contributed by atoms with E-state index in [1.807, 2.05) is 32.0 Å². The molecule has 6 nitrogen and oxygen atoms in total. The Kier molecular flexibility index (Phi) is 5.26. The number of fused-ring (bicyclic) bond motifs is 1. The first kappa shape index (κ1) is 18.6. The average molecular weight is 367 g/mol. The lowest BCUT2D eigenvalue weighted by Crippen LogP contribution is -2.19. The van der Waals surface area contributed by atoms with E-state index in [9.17, 15) is 14.4 Å². The minimum Gasteiger partial charge on any atom is -0.482 e. The Labute approximate surface area is 157 Å². The fourth-order valence-electron chi connectivity index (χ4n) is 2.86. The monoisotopic (exact) mass is 367 g/mol. The number of hydrogen-bond donors (Lipinski definition) is 1. The molecule has 0 bridgehead atoms. The van der Waals surface area contributed by atoms with Gasteiger partial charge in [-0.05, 0) is 61.7 Å². The maximum absolute atomic E-state index is 12.3. The molecule has 0 aromatic heterocycles. The van der Waals surface area contributed by atoms with Crippen molar-refractivity contribution < 1.29 is 23.9 Å². The number of hydrogen-bond acceptors (Lipinski definition) is 5. The predicted molar refractivity (Wildman–Crippen MR) is 100 cm³/mol. The highest BCUT2D eigenvalue weighted by atomic mass is 16.6. The van der Waals surface area contributed by atoms with Crippen LogP contribution in [0.4, 0.5) is 5.69 Å². The number of amides is 1. The molecular weight excluding hydrogens is 346 g/mol. The van der Waals surface area contributed by atoms with Crippen LogP contribution in [0.5, 0.6) is 5.75 Å². The molecule has 0 unspecified atom stereocenters. The van der Waals surface area contributed by atoms with Crippen LogP contribution in [0.3, 0.4) is 0 Å². The minimum absolute atomic E-state index is 0.0929. The fourth-order valence-corrected chi connectivity index (χ4v) is 2.86. The number of nitrogens with one attached hydrogen (secondary N) is 1. The zero-order valence-electron chi connectivity index (χ0n) is 15.5. The summed E-state index contributed by atoms with van der Waals surface area (Å²) in [6, 6.07) is 10.7. The van der Waals surface area contributed by atoms with Crippen LogP contribution in [-0.2, 0) is 14.3 Å². The molecular formula is C21H21NO5. The van der Waals surface area contributed by atoms with Gasteiger partial charge in [0, 0.05) is 11.3 Å². The Bertz CT molecular complexity index is 919. The molecule has 1 amide bonds. The second-order valence-electron chi connectivity index (χ2n) is 6.65. The summed E-state index contributed by atoms with van der Waals surface area (Å²) in [4.78, 5) is 35.8. The van der Waals surface area contributed by atoms with Crippen molar-refractivity contribution in [3.8, 4) is 5.75 Å². The predicted octanol–water partition coefficient (Wildman–Crippen LogP) is 3.16. The molecule has 2 aromatic rings. The third kappa shape index (κ3) is 4.16. The molecule has 1 aliphatic heterocycles. The van der Waals surface area contributed by atoms with Crippen molar-refractivity contribution in [3.05, 3.63) is 58.7 Å². The van der Waals surface area contributed by atoms with Gasteiger partial charge < -0.3 is 14.8 Å². The van der Waals surface area contributed by atoms with Gasteiger partial charge >= 0.3 is 5.97 Å². The maximum atomic E-state index is 12.3. The van der Waals surface area contributed by atoms with Gasteiger partial charge in [-0.15, -0.1) is 0 Å². The molecule has 0 spiro atoms. The largest absolute Gasteiger partial charge is 0.482 e. The second-order valence-corrected chi connectivity index (χ2v) is 6.65. The smallest absolute Gasteiger partial charge is 0.344 e. The third-order valence-corrected chi connectivity index (χ3v) is 4.54. The van der Waals surface area contributed by atoms with Crippen molar-refractivity contribution in [1.82, 2.24) is 0 Å². The normalized spacial score (nSPS) is 15.1. The number of carbonyl (C=O) groups is 3. The maximum Gasteiger partial charge on any atom is 0.344 e. The summed E-state index contributed by atoms with van der Waals surface area (Å²) in [6.07, 6.45) is 0. The zero-order chi connectivity index (χ0) is 19.6. The highest BCUT2D eigenvalue weighted by Crippen LogP contribution is 2.32. The number of ketones is 1. The van der Waals surface area contributed by atoms with Crippen molar-refractivity contribution in [2.75, 3.05) is 18.5 Å². The van der Waals surface area contributed by atoms with E-state index in [4.69, 9.17) is 9.47 Å². The molecule has 1 aliphatic rings. The Hall–Kier alpha value is -3.15. The summed E-state index contributed by atoms with van der Waals surface area (Å²) >= 11 is 0. The Morgan fingerprint density at radius 1 is 1.07 bits per heavy atom. The van der Waals surface area contributed by atoms with Crippen LogP contribution in [-0.4, -0.2) is 30.9 Å². The topological polar surface area (TPSA) is 81.7 Å². The fraction of sp³-hybridized carbons (Fsp3) is 0.286. The quantitative estimate of drug-likeness (QED) is 0.626. The molecule has 0 aliphatic carbocycles. The van der Waals surface area contributed by atoms with E-state index in [1.54, 1.807) is 25.1 Å². The van der Waals surface area contributed by atoms with Crippen LogP contribution in [0.25, 0.3) is 0 Å². The molecule has 6 heteroatoms. The number of aryl methyl sites for hydroxylation is 2. The highest BCUT2D eigenvalue weighted by Gasteiger charge is 2.27. The van der Waals surface area contributed by atoms with Crippen LogP contribution in [0, 0.1) is 13.8 Å². The van der Waals surface area contributed by atoms with E-state index in [-0.39, 0.29) is 30.8 Å². The Morgan fingerprint density at radius 2 is 1.85 bits per heavy atom. The van der Waals surface area contributed by atoms with Crippen molar-refractivity contribution in [2.45, 2.75) is 26.7 Å². The van der Waals surface area contributed by atoms with Gasteiger partial charge in [-0.25, -0.2) is 4.79 Å². The summed E-state index contributed by atoms with van der Waals surface area (Å²) in [7, 11) is 0. The standard InChI is InChI=1S/C21H21NO5/c1-12-4-5-13(2)19(8-12)26-11-20(24)27-10-18(23)15-6-7-17-16(9-15)14(3)21(25)22-17/h4-9,14H,10-11H2,1-3H3,(H,22,25)/t14-/m0/s1. The zero-order valence-corrected chi connectivity index (χ0v) is 15.5. The Morgan fingerprint density at radius 3 is 2.63 bits per heavy atom. The summed E-state index contributed by atoms with van der Waals surface area (Å²) in [5.74, 6) is -0.728. The van der Waals surface area contributed by atoms with Gasteiger partial charge in [-0.2, -0.15) is 0 Å². The number of anilines is 1. The van der Waals surface area contributed by atoms with E-state index in [1.165, 1.54) is 0 Å². The first-order chi connectivity index (χ1) is 12.8. The molecule has 140 valence electrons. The number of benzene rings is 2. The van der Waals surface area contributed by atoms with E-state index >= 15 is 0 Å². The van der Waals surface area contributed by atoms with Crippen LogP contribution in [0.15, 0.2) is 36.4 Å². The van der Waals surface area contributed by atoms with E-state index in [0.717, 1.165) is 16.7 Å². The molecule has 0 radical (unpaired) electrons. The van der Waals surface area contributed by atoms with E-state index in [0.29, 0.717) is 17.0 Å². The van der Waals surface area contributed by atoms with Crippen LogP contribution in [0.2, 0.25) is 0 Å². The first-order valence-corrected chi connectivity index (χ1v) is 8.69. The van der Waals surface area contributed by atoms with Gasteiger partial charge in [0.25, 0.3) is 0 Å². The molecule has 0 fully saturated rings. The number of carbonyl (C=O) groups excluding carboxylic acids is 3. The van der Waals surface area contributed by atoms with Gasteiger partial charge in [0.2, 0.25) is 5.91 Å². The van der Waals surface area contributed by atoms with Gasteiger partial charge in [-0.3, -0.25) is 9.59 Å². The summed E-state index contributed by atoms with van der Waals surface area (Å²) in [5, 5.41) is 2.75. The SMILES string of the molecule is Cc1ccc(C)c(OCC(=O)OCC(=O)c2ccc3c(c2)[C@H](C)C(=O)N3)c1. The van der Waals surface area contributed by atoms with Gasteiger partial charge in [0.05, 0.1) is 5.92 Å². The minimum atomic E-state index is -0.615.